The number of nitrogens with one attached hydrogen (secondary N) is 2. The summed E-state index contributed by atoms with van der Waals surface area (Å²) in [6, 6.07) is 14.1. The summed E-state index contributed by atoms with van der Waals surface area (Å²) in [4.78, 5) is 70.8. The van der Waals surface area contributed by atoms with E-state index in [2.05, 4.69) is 19.9 Å². The first-order chi connectivity index (χ1) is 24.6. The number of benzene rings is 2. The van der Waals surface area contributed by atoms with Crippen LogP contribution in [-0.4, -0.2) is 77.8 Å². The number of amides is 2. The lowest BCUT2D eigenvalue weighted by Gasteiger charge is -2.27. The lowest BCUT2D eigenvalue weighted by atomic mass is 9.99. The fraction of sp³-hybridized carbons (Fsp3) is 0.450. The van der Waals surface area contributed by atoms with Gasteiger partial charge in [-0.15, -0.1) is 0 Å². The van der Waals surface area contributed by atoms with E-state index in [1.54, 1.807) is 46.5 Å². The zero-order valence-electron chi connectivity index (χ0n) is 30.8. The Morgan fingerprint density at radius 3 is 1.35 bits per heavy atom. The molecule has 6 rings (SSSR count). The molecule has 0 aliphatic carbocycles. The largest absolute Gasteiger partial charge is 0.444 e. The molecule has 274 valence electrons. The molecule has 12 nitrogen and oxygen atoms in total. The predicted octanol–water partition coefficient (Wildman–Crippen LogP) is 8.46. The minimum atomic E-state index is -0.574. The molecule has 2 N–H and O–H groups in total. The molecule has 4 aromatic rings. The first-order valence-corrected chi connectivity index (χ1v) is 18.0. The Morgan fingerprint density at radius 2 is 1.00 bits per heavy atom. The van der Waals surface area contributed by atoms with E-state index in [-0.39, 0.29) is 48.7 Å². The van der Waals surface area contributed by atoms with Gasteiger partial charge in [0, 0.05) is 37.1 Å². The van der Waals surface area contributed by atoms with Crippen molar-refractivity contribution < 1.29 is 28.7 Å². The second-order valence-electron chi connectivity index (χ2n) is 15.5. The number of H-pyrrole nitrogens is 2. The Hall–Kier alpha value is -5.26. The summed E-state index contributed by atoms with van der Waals surface area (Å²) in [5.74, 6) is 1.18. The van der Waals surface area contributed by atoms with Crippen LogP contribution in [-0.2, 0) is 9.47 Å². The van der Waals surface area contributed by atoms with Gasteiger partial charge in [-0.3, -0.25) is 19.4 Å². The number of aromatic nitrogens is 4. The molecule has 52 heavy (non-hydrogen) atoms. The van der Waals surface area contributed by atoms with Crippen LogP contribution in [0, 0.1) is 0 Å². The van der Waals surface area contributed by atoms with Gasteiger partial charge >= 0.3 is 12.2 Å². The van der Waals surface area contributed by atoms with E-state index in [9.17, 15) is 19.2 Å². The number of Topliss-reactive ketones (excluding diaryl/α,β-unsaturated/α-hetero) is 2. The van der Waals surface area contributed by atoms with Crippen LogP contribution in [0.3, 0.4) is 0 Å². The number of ether oxygens (including phenoxy) is 2. The van der Waals surface area contributed by atoms with Gasteiger partial charge < -0.3 is 19.4 Å². The third-order valence-electron chi connectivity index (χ3n) is 9.20. The third kappa shape index (κ3) is 8.60. The molecule has 2 aromatic heterocycles. The SMILES string of the molecule is CC(C)(C)OC(=O)N1CCC[C@H]1c1ncc(-c2ccc(C(=O)CCC(=O)c3ccc(-c4cnc([C@@H]5CCCN5C(=O)OC(C)(C)C)[nH]4)cc3)cc2)[nH]1. The molecule has 2 atom stereocenters. The Bertz CT molecular complexity index is 1770. The van der Waals surface area contributed by atoms with E-state index in [1.807, 2.05) is 65.8 Å². The van der Waals surface area contributed by atoms with Crippen LogP contribution in [0.5, 0.6) is 0 Å². The van der Waals surface area contributed by atoms with Gasteiger partial charge in [-0.2, -0.15) is 0 Å². The summed E-state index contributed by atoms with van der Waals surface area (Å²) in [6.07, 6.45) is 6.31. The maximum Gasteiger partial charge on any atom is 0.410 e. The summed E-state index contributed by atoms with van der Waals surface area (Å²) in [5, 5.41) is 0. The Balaban J connectivity index is 1.01. The number of rotatable bonds is 9. The van der Waals surface area contributed by atoms with Gasteiger partial charge in [-0.25, -0.2) is 19.6 Å². The normalized spacial score (nSPS) is 17.7. The first kappa shape index (κ1) is 36.5. The Kier molecular flexibility index (Phi) is 10.4. The van der Waals surface area contributed by atoms with E-state index in [1.165, 1.54) is 0 Å². The number of nitrogens with zero attached hydrogens (tertiary/aromatic N) is 4. The number of hydrogen-bond acceptors (Lipinski definition) is 8. The van der Waals surface area contributed by atoms with Crippen LogP contribution in [0.1, 0.15) is 125 Å². The number of likely N-dealkylation sites (tertiary alicyclic amines) is 2. The van der Waals surface area contributed by atoms with Crippen LogP contribution >= 0.6 is 0 Å². The van der Waals surface area contributed by atoms with Crippen LogP contribution in [0.4, 0.5) is 9.59 Å². The molecule has 2 aliphatic rings. The summed E-state index contributed by atoms with van der Waals surface area (Å²) in [5.41, 5.74) is 3.21. The van der Waals surface area contributed by atoms with E-state index in [0.29, 0.717) is 35.9 Å². The third-order valence-corrected chi connectivity index (χ3v) is 9.20. The number of carbonyl (C=O) groups excluding carboxylic acids is 4. The highest BCUT2D eigenvalue weighted by molar-refractivity contribution is 6.02. The highest BCUT2D eigenvalue weighted by Crippen LogP contribution is 2.34. The average Bonchev–Trinajstić information content (AvgIpc) is 3.92. The molecular weight excluding hydrogens is 660 g/mol. The molecule has 0 saturated carbocycles. The van der Waals surface area contributed by atoms with Crippen molar-refractivity contribution in [1.29, 1.82) is 0 Å². The van der Waals surface area contributed by atoms with Crippen molar-refractivity contribution in [2.75, 3.05) is 13.1 Å². The summed E-state index contributed by atoms with van der Waals surface area (Å²) < 4.78 is 11.2. The number of aromatic amines is 2. The van der Waals surface area contributed by atoms with E-state index in [0.717, 1.165) is 48.2 Å². The van der Waals surface area contributed by atoms with E-state index < -0.39 is 11.2 Å². The van der Waals surface area contributed by atoms with E-state index >= 15 is 0 Å². The van der Waals surface area contributed by atoms with Gasteiger partial charge in [-0.1, -0.05) is 48.5 Å². The van der Waals surface area contributed by atoms with Gasteiger partial charge in [0.15, 0.2) is 11.6 Å². The number of carbonyl (C=O) groups is 4. The van der Waals surface area contributed by atoms with Crippen molar-refractivity contribution in [1.82, 2.24) is 29.7 Å². The summed E-state index contributed by atoms with van der Waals surface area (Å²) in [7, 11) is 0. The quantitative estimate of drug-likeness (QED) is 0.164. The standard InChI is InChI=1S/C40H48N6O6/c1-39(2,3)51-37(49)45-21-7-9-31(45)35-41-23-29(43-35)25-11-15-27(16-12-25)33(47)19-20-34(48)28-17-13-26(14-18-28)30-24-42-36(44-30)32-10-8-22-46(32)38(50)52-40(4,5)6/h11-18,23-24,31-32H,7-10,19-22H2,1-6H3,(H,41,43)(H,42,44)/t31-,32-/m0/s1. The van der Waals surface area contributed by atoms with Gasteiger partial charge in [0.1, 0.15) is 22.9 Å². The molecule has 2 aromatic carbocycles. The Morgan fingerprint density at radius 1 is 0.635 bits per heavy atom. The summed E-state index contributed by atoms with van der Waals surface area (Å²) >= 11 is 0. The van der Waals surface area contributed by atoms with Crippen molar-refractivity contribution >= 4 is 23.8 Å². The molecule has 2 fully saturated rings. The minimum absolute atomic E-state index is 0.0930. The zero-order valence-corrected chi connectivity index (χ0v) is 30.8. The number of ketones is 2. The van der Waals surface area contributed by atoms with Crippen molar-refractivity contribution in [3.63, 3.8) is 0 Å². The lowest BCUT2D eigenvalue weighted by molar-refractivity contribution is 0.0208. The van der Waals surface area contributed by atoms with Crippen molar-refractivity contribution in [2.45, 2.75) is 103 Å². The monoisotopic (exact) mass is 708 g/mol. The number of hydrogen-bond donors (Lipinski definition) is 2. The molecule has 0 bridgehead atoms. The Labute approximate surface area is 304 Å². The smallest absolute Gasteiger partial charge is 0.410 e. The van der Waals surface area contributed by atoms with Crippen LogP contribution in [0.2, 0.25) is 0 Å². The molecule has 0 spiro atoms. The van der Waals surface area contributed by atoms with Crippen molar-refractivity contribution in [3.8, 4) is 22.5 Å². The average molecular weight is 709 g/mol. The molecule has 0 radical (unpaired) electrons. The summed E-state index contributed by atoms with van der Waals surface area (Å²) in [6.45, 7) is 12.4. The maximum atomic E-state index is 13.0. The molecule has 2 saturated heterocycles. The number of imidazole rings is 2. The fourth-order valence-electron chi connectivity index (χ4n) is 6.67. The predicted molar refractivity (Wildman–Crippen MR) is 196 cm³/mol. The van der Waals surface area contributed by atoms with Gasteiger partial charge in [0.05, 0.1) is 35.9 Å². The highest BCUT2D eigenvalue weighted by atomic mass is 16.6. The van der Waals surface area contributed by atoms with Gasteiger partial charge in [0.25, 0.3) is 0 Å². The first-order valence-electron chi connectivity index (χ1n) is 18.0. The van der Waals surface area contributed by atoms with Crippen LogP contribution < -0.4 is 0 Å². The van der Waals surface area contributed by atoms with Crippen molar-refractivity contribution in [2.24, 2.45) is 0 Å². The molecule has 0 unspecified atom stereocenters. The molecule has 2 aliphatic heterocycles. The van der Waals surface area contributed by atoms with E-state index in [4.69, 9.17) is 9.47 Å². The second-order valence-corrected chi connectivity index (χ2v) is 15.5. The van der Waals surface area contributed by atoms with Crippen LogP contribution in [0.25, 0.3) is 22.5 Å². The van der Waals surface area contributed by atoms with Crippen LogP contribution in [0.15, 0.2) is 60.9 Å². The molecule has 2 amide bonds. The lowest BCUT2D eigenvalue weighted by Crippen LogP contribution is -2.36. The molecular formula is C40H48N6O6. The topological polar surface area (TPSA) is 151 Å². The van der Waals surface area contributed by atoms with Crippen molar-refractivity contribution in [3.05, 3.63) is 83.7 Å². The maximum absolute atomic E-state index is 13.0. The zero-order chi connectivity index (χ0) is 37.2. The molecule has 12 heteroatoms. The highest BCUT2D eigenvalue weighted by Gasteiger charge is 2.36. The molecule has 4 heterocycles. The minimum Gasteiger partial charge on any atom is -0.444 e. The fourth-order valence-corrected chi connectivity index (χ4v) is 6.67. The second kappa shape index (κ2) is 14.8. The van der Waals surface area contributed by atoms with Gasteiger partial charge in [-0.05, 0) is 78.4 Å². The van der Waals surface area contributed by atoms with Gasteiger partial charge in [0.2, 0.25) is 0 Å².